The lowest BCUT2D eigenvalue weighted by Gasteiger charge is -2.15. The van der Waals surface area contributed by atoms with Gasteiger partial charge >= 0.3 is 11.9 Å². The van der Waals surface area contributed by atoms with Crippen LogP contribution in [0.2, 0.25) is 0 Å². The second kappa shape index (κ2) is 6.07. The molecule has 0 saturated heterocycles. The molecule has 1 atom stereocenters. The van der Waals surface area contributed by atoms with Crippen LogP contribution in [-0.2, 0) is 12.9 Å². The van der Waals surface area contributed by atoms with Gasteiger partial charge in [-0.15, -0.1) is 0 Å². The van der Waals surface area contributed by atoms with Gasteiger partial charge in [0.05, 0.1) is 11.6 Å². The largest absolute Gasteiger partial charge is 0.419 e. The first kappa shape index (κ1) is 17.8. The number of fused-ring (bicyclic) bond motifs is 1. The van der Waals surface area contributed by atoms with Crippen molar-refractivity contribution in [2.75, 3.05) is 0 Å². The van der Waals surface area contributed by atoms with Gasteiger partial charge in [0.25, 0.3) is 5.56 Å². The van der Waals surface area contributed by atoms with Crippen molar-refractivity contribution in [3.05, 3.63) is 61.7 Å². The molecule has 0 aliphatic rings. The van der Waals surface area contributed by atoms with Crippen LogP contribution in [0.3, 0.4) is 0 Å². The molecule has 0 aliphatic carbocycles. The molecule has 3 aromatic rings. The fraction of sp³-hybridized carbons (Fsp3) is 0.267. The monoisotopic (exact) mass is 374 g/mol. The normalized spacial score (nSPS) is 13.3. The molecule has 138 valence electrons. The fourth-order valence-electron chi connectivity index (χ4n) is 2.68. The average Bonchev–Trinajstić information content (AvgIpc) is 2.91. The maximum Gasteiger partial charge on any atom is 0.419 e. The Balaban J connectivity index is 2.17. The summed E-state index contributed by atoms with van der Waals surface area (Å²) in [7, 11) is 0. The molecule has 0 amide bonds. The van der Waals surface area contributed by atoms with E-state index in [0.717, 1.165) is 10.7 Å². The van der Waals surface area contributed by atoms with Crippen molar-refractivity contribution >= 4 is 11.0 Å². The first-order valence-corrected chi connectivity index (χ1v) is 7.29. The molecule has 0 spiro atoms. The Kier molecular flexibility index (Phi) is 4.17. The standard InChI is InChI=1S/C15H11F5N4O2/c1-6(7-2-3-8(9(17)4-7)15(18,19)20)24-12-11(10(5-16)23-24)13(25)22-14(26)21-12/h2-4,6H,5H2,1H3,(H2,21,22,25,26). The van der Waals surface area contributed by atoms with Crippen LogP contribution in [0.15, 0.2) is 27.8 Å². The Labute approximate surface area is 141 Å². The number of nitrogens with zero attached hydrogens (tertiary/aromatic N) is 2. The van der Waals surface area contributed by atoms with E-state index >= 15 is 0 Å². The molecule has 0 fully saturated rings. The summed E-state index contributed by atoms with van der Waals surface area (Å²) in [5, 5.41) is 3.71. The summed E-state index contributed by atoms with van der Waals surface area (Å²) in [4.78, 5) is 27.6. The highest BCUT2D eigenvalue weighted by atomic mass is 19.4. The smallest absolute Gasteiger partial charge is 0.291 e. The second-order valence-corrected chi connectivity index (χ2v) is 5.57. The fourth-order valence-corrected chi connectivity index (χ4v) is 2.68. The number of halogens is 5. The first-order chi connectivity index (χ1) is 12.1. The third kappa shape index (κ3) is 2.89. The van der Waals surface area contributed by atoms with Crippen LogP contribution in [0.1, 0.15) is 29.8 Å². The molecular weight excluding hydrogens is 363 g/mol. The van der Waals surface area contributed by atoms with Crippen molar-refractivity contribution in [2.45, 2.75) is 25.8 Å². The minimum Gasteiger partial charge on any atom is -0.291 e. The van der Waals surface area contributed by atoms with Crippen molar-refractivity contribution in [2.24, 2.45) is 0 Å². The Morgan fingerprint density at radius 1 is 1.23 bits per heavy atom. The highest BCUT2D eigenvalue weighted by molar-refractivity contribution is 5.77. The van der Waals surface area contributed by atoms with Crippen LogP contribution in [-0.4, -0.2) is 19.7 Å². The van der Waals surface area contributed by atoms with E-state index in [-0.39, 0.29) is 22.3 Å². The Hall–Kier alpha value is -2.98. The zero-order chi connectivity index (χ0) is 19.2. The zero-order valence-corrected chi connectivity index (χ0v) is 13.1. The summed E-state index contributed by atoms with van der Waals surface area (Å²) in [6, 6.07) is 1.43. The molecule has 26 heavy (non-hydrogen) atoms. The average molecular weight is 374 g/mol. The summed E-state index contributed by atoms with van der Waals surface area (Å²) in [5.74, 6) is -1.48. The van der Waals surface area contributed by atoms with E-state index in [1.165, 1.54) is 6.92 Å². The Bertz CT molecular complexity index is 1100. The molecule has 0 aliphatic heterocycles. The molecule has 11 heteroatoms. The van der Waals surface area contributed by atoms with Gasteiger partial charge in [0.15, 0.2) is 0 Å². The lowest BCUT2D eigenvalue weighted by Crippen LogP contribution is -2.23. The predicted octanol–water partition coefficient (Wildman–Crippen LogP) is 2.65. The van der Waals surface area contributed by atoms with Crippen molar-refractivity contribution in [3.63, 3.8) is 0 Å². The van der Waals surface area contributed by atoms with E-state index in [9.17, 15) is 31.5 Å². The highest BCUT2D eigenvalue weighted by Gasteiger charge is 2.34. The quantitative estimate of drug-likeness (QED) is 0.692. The van der Waals surface area contributed by atoms with E-state index in [2.05, 4.69) is 10.1 Å². The summed E-state index contributed by atoms with van der Waals surface area (Å²) in [6.45, 7) is 0.350. The van der Waals surface area contributed by atoms with Gasteiger partial charge in [-0.05, 0) is 24.6 Å². The lowest BCUT2D eigenvalue weighted by molar-refractivity contribution is -0.140. The van der Waals surface area contributed by atoms with E-state index in [1.54, 1.807) is 0 Å². The molecule has 6 nitrogen and oxygen atoms in total. The summed E-state index contributed by atoms with van der Waals surface area (Å²) in [6.07, 6.45) is -4.84. The van der Waals surface area contributed by atoms with E-state index < -0.39 is 41.5 Å². The number of aromatic nitrogens is 4. The number of rotatable bonds is 3. The highest BCUT2D eigenvalue weighted by Crippen LogP contribution is 2.33. The van der Waals surface area contributed by atoms with Gasteiger partial charge in [0, 0.05) is 0 Å². The van der Waals surface area contributed by atoms with Gasteiger partial charge in [-0.3, -0.25) is 14.8 Å². The number of alkyl halides is 4. The molecule has 0 bridgehead atoms. The maximum absolute atomic E-state index is 13.8. The predicted molar refractivity (Wildman–Crippen MR) is 81.0 cm³/mol. The summed E-state index contributed by atoms with van der Waals surface area (Å²) < 4.78 is 66.1. The van der Waals surface area contributed by atoms with Crippen LogP contribution in [0.25, 0.3) is 11.0 Å². The van der Waals surface area contributed by atoms with Gasteiger partial charge < -0.3 is 0 Å². The Morgan fingerprint density at radius 2 is 1.92 bits per heavy atom. The minimum atomic E-state index is -4.84. The number of benzene rings is 1. The van der Waals surface area contributed by atoms with Crippen LogP contribution >= 0.6 is 0 Å². The topological polar surface area (TPSA) is 83.5 Å². The van der Waals surface area contributed by atoms with Crippen LogP contribution < -0.4 is 11.2 Å². The van der Waals surface area contributed by atoms with E-state index in [4.69, 9.17) is 0 Å². The first-order valence-electron chi connectivity index (χ1n) is 7.29. The van der Waals surface area contributed by atoms with Crippen LogP contribution in [0.4, 0.5) is 22.0 Å². The van der Waals surface area contributed by atoms with Crippen LogP contribution in [0.5, 0.6) is 0 Å². The van der Waals surface area contributed by atoms with Gasteiger partial charge in [0.2, 0.25) is 0 Å². The van der Waals surface area contributed by atoms with Crippen LogP contribution in [0, 0.1) is 5.82 Å². The molecule has 2 N–H and O–H groups in total. The molecule has 1 aromatic carbocycles. The summed E-state index contributed by atoms with van der Waals surface area (Å²) in [5.41, 5.74) is -3.41. The van der Waals surface area contributed by atoms with Gasteiger partial charge in [-0.1, -0.05) is 6.07 Å². The second-order valence-electron chi connectivity index (χ2n) is 5.57. The SMILES string of the molecule is CC(c1ccc(C(F)(F)F)c(F)c1)n1nc(CF)c2c(=O)[nH]c(=O)[nH]c21. The van der Waals surface area contributed by atoms with Gasteiger partial charge in [-0.25, -0.2) is 18.3 Å². The molecule has 2 aromatic heterocycles. The van der Waals surface area contributed by atoms with E-state index in [0.29, 0.717) is 12.1 Å². The molecule has 0 saturated carbocycles. The summed E-state index contributed by atoms with van der Waals surface area (Å²) >= 11 is 0. The number of hydrogen-bond acceptors (Lipinski definition) is 3. The molecule has 0 radical (unpaired) electrons. The van der Waals surface area contributed by atoms with Crippen molar-refractivity contribution in [3.8, 4) is 0 Å². The van der Waals surface area contributed by atoms with Crippen molar-refractivity contribution in [1.82, 2.24) is 19.7 Å². The number of H-pyrrole nitrogens is 2. The molecular formula is C15H11F5N4O2. The zero-order valence-electron chi connectivity index (χ0n) is 13.1. The lowest BCUT2D eigenvalue weighted by atomic mass is 10.1. The van der Waals surface area contributed by atoms with Gasteiger partial charge in [0.1, 0.15) is 29.2 Å². The van der Waals surface area contributed by atoms with E-state index in [1.807, 2.05) is 4.98 Å². The number of aromatic amines is 2. The number of nitrogens with one attached hydrogen (secondary N) is 2. The minimum absolute atomic E-state index is 0.0893. The van der Waals surface area contributed by atoms with Gasteiger partial charge in [-0.2, -0.15) is 18.3 Å². The molecule has 3 rings (SSSR count). The molecule has 1 unspecified atom stereocenters. The third-order valence-electron chi connectivity index (χ3n) is 3.94. The maximum atomic E-state index is 13.8. The Morgan fingerprint density at radius 3 is 2.50 bits per heavy atom. The third-order valence-corrected chi connectivity index (χ3v) is 3.94. The van der Waals surface area contributed by atoms with Crippen molar-refractivity contribution < 1.29 is 22.0 Å². The number of hydrogen-bond donors (Lipinski definition) is 2. The molecule has 2 heterocycles. The van der Waals surface area contributed by atoms with Crippen molar-refractivity contribution in [1.29, 1.82) is 0 Å².